The first-order valence-corrected chi connectivity index (χ1v) is 10.6. The van der Waals surface area contributed by atoms with Crippen LogP contribution in [0.4, 0.5) is 11.4 Å². The Morgan fingerprint density at radius 1 is 1.04 bits per heavy atom. The fourth-order valence-corrected chi connectivity index (χ4v) is 4.20. The minimum atomic E-state index is 0.0326. The topological polar surface area (TPSA) is 35.6 Å². The van der Waals surface area contributed by atoms with Crippen LogP contribution in [0, 0.1) is 13.8 Å². The molecule has 0 aromatic heterocycles. The summed E-state index contributed by atoms with van der Waals surface area (Å²) in [6, 6.07) is 14.6. The Kier molecular flexibility index (Phi) is 6.80. The van der Waals surface area contributed by atoms with Crippen LogP contribution in [0.5, 0.6) is 0 Å². The molecular weight excluding hydrogens is 354 g/mol. The predicted molar refractivity (Wildman–Crippen MR) is 116 cm³/mol. The molecule has 5 heteroatoms. The number of hydrogen-bond donors (Lipinski definition) is 1. The third-order valence-electron chi connectivity index (χ3n) is 5.04. The molecule has 0 unspecified atom stereocenters. The molecular formula is C22H29N3OS. The van der Waals surface area contributed by atoms with E-state index in [4.69, 9.17) is 0 Å². The molecule has 1 heterocycles. The normalized spacial score (nSPS) is 15.0. The Balaban J connectivity index is 1.50. The summed E-state index contributed by atoms with van der Waals surface area (Å²) in [6.07, 6.45) is 0. The van der Waals surface area contributed by atoms with Crippen molar-refractivity contribution in [2.75, 3.05) is 48.7 Å². The third kappa shape index (κ3) is 5.50. The fraction of sp³-hybridized carbons (Fsp3) is 0.409. The van der Waals surface area contributed by atoms with Crippen LogP contribution in [-0.2, 0) is 4.79 Å². The highest BCUT2D eigenvalue weighted by molar-refractivity contribution is 8.00. The summed E-state index contributed by atoms with van der Waals surface area (Å²) < 4.78 is 0. The van der Waals surface area contributed by atoms with Gasteiger partial charge in [0.15, 0.2) is 0 Å². The molecule has 1 amide bonds. The molecule has 4 nitrogen and oxygen atoms in total. The molecule has 0 aliphatic carbocycles. The van der Waals surface area contributed by atoms with Gasteiger partial charge in [-0.1, -0.05) is 24.6 Å². The zero-order valence-corrected chi connectivity index (χ0v) is 17.3. The van der Waals surface area contributed by atoms with E-state index < -0.39 is 0 Å². The van der Waals surface area contributed by atoms with E-state index in [1.54, 1.807) is 11.8 Å². The van der Waals surface area contributed by atoms with Crippen LogP contribution in [-0.4, -0.2) is 49.3 Å². The van der Waals surface area contributed by atoms with Crippen molar-refractivity contribution in [2.45, 2.75) is 25.7 Å². The van der Waals surface area contributed by atoms with E-state index in [0.29, 0.717) is 5.75 Å². The molecule has 1 aliphatic rings. The molecule has 0 atom stereocenters. The Morgan fingerprint density at radius 2 is 1.74 bits per heavy atom. The van der Waals surface area contributed by atoms with Crippen molar-refractivity contribution < 1.29 is 4.79 Å². The molecule has 144 valence electrons. The number of thioether (sulfide) groups is 1. The van der Waals surface area contributed by atoms with Crippen molar-refractivity contribution in [1.82, 2.24) is 4.90 Å². The summed E-state index contributed by atoms with van der Waals surface area (Å²) in [6.45, 7) is 11.9. The standard InChI is InChI=1S/C22H29N3OS/c1-4-24-11-13-25(14-12-24)20-9-7-19(8-10-20)23-22(26)16-27-21-15-17(2)5-6-18(21)3/h5-10,15H,4,11-14,16H2,1-3H3,(H,23,26). The molecule has 1 fully saturated rings. The number of rotatable bonds is 6. The average molecular weight is 384 g/mol. The van der Waals surface area contributed by atoms with E-state index in [1.165, 1.54) is 21.7 Å². The van der Waals surface area contributed by atoms with Crippen LogP contribution >= 0.6 is 11.8 Å². The lowest BCUT2D eigenvalue weighted by Crippen LogP contribution is -2.46. The number of aryl methyl sites for hydroxylation is 2. The lowest BCUT2D eigenvalue weighted by atomic mass is 10.2. The number of carbonyl (C=O) groups excluding carboxylic acids is 1. The Labute approximate surface area is 166 Å². The van der Waals surface area contributed by atoms with E-state index in [9.17, 15) is 4.79 Å². The monoisotopic (exact) mass is 383 g/mol. The maximum absolute atomic E-state index is 12.3. The number of hydrogen-bond acceptors (Lipinski definition) is 4. The Bertz CT molecular complexity index is 768. The van der Waals surface area contributed by atoms with E-state index in [1.807, 2.05) is 12.1 Å². The SMILES string of the molecule is CCN1CCN(c2ccc(NC(=O)CSc3cc(C)ccc3C)cc2)CC1. The molecule has 0 saturated carbocycles. The summed E-state index contributed by atoms with van der Waals surface area (Å²) in [4.78, 5) is 18.3. The number of carbonyl (C=O) groups is 1. The quantitative estimate of drug-likeness (QED) is 0.759. The summed E-state index contributed by atoms with van der Waals surface area (Å²) in [5, 5.41) is 3.01. The minimum absolute atomic E-state index is 0.0326. The Morgan fingerprint density at radius 3 is 2.41 bits per heavy atom. The number of likely N-dealkylation sites (N-methyl/N-ethyl adjacent to an activating group) is 1. The number of piperazine rings is 1. The van der Waals surface area contributed by atoms with E-state index in [2.05, 4.69) is 66.2 Å². The molecule has 0 spiro atoms. The van der Waals surface area contributed by atoms with E-state index in [0.717, 1.165) is 38.4 Å². The van der Waals surface area contributed by atoms with Gasteiger partial charge in [-0.3, -0.25) is 4.79 Å². The van der Waals surface area contributed by atoms with Crippen LogP contribution in [0.2, 0.25) is 0 Å². The van der Waals surface area contributed by atoms with Crippen molar-refractivity contribution in [3.05, 3.63) is 53.6 Å². The van der Waals surface area contributed by atoms with Gasteiger partial charge in [-0.2, -0.15) is 0 Å². The zero-order valence-electron chi connectivity index (χ0n) is 16.5. The lowest BCUT2D eigenvalue weighted by Gasteiger charge is -2.35. The first kappa shape index (κ1) is 19.8. The Hall–Kier alpha value is -1.98. The molecule has 1 saturated heterocycles. The second kappa shape index (κ2) is 9.29. The summed E-state index contributed by atoms with van der Waals surface area (Å²) in [5.41, 5.74) is 4.52. The third-order valence-corrected chi connectivity index (χ3v) is 6.20. The van der Waals surface area contributed by atoms with Crippen LogP contribution in [0.3, 0.4) is 0 Å². The molecule has 0 bridgehead atoms. The van der Waals surface area contributed by atoms with Crippen molar-refractivity contribution in [3.63, 3.8) is 0 Å². The first-order valence-electron chi connectivity index (χ1n) is 9.62. The molecule has 27 heavy (non-hydrogen) atoms. The number of anilines is 2. The number of nitrogens with zero attached hydrogens (tertiary/aromatic N) is 2. The van der Waals surface area contributed by atoms with E-state index >= 15 is 0 Å². The summed E-state index contributed by atoms with van der Waals surface area (Å²) in [7, 11) is 0. The highest BCUT2D eigenvalue weighted by Gasteiger charge is 2.15. The van der Waals surface area contributed by atoms with Gasteiger partial charge in [0, 0.05) is 42.4 Å². The van der Waals surface area contributed by atoms with Crippen LogP contribution in [0.1, 0.15) is 18.1 Å². The molecule has 3 rings (SSSR count). The smallest absolute Gasteiger partial charge is 0.234 e. The zero-order chi connectivity index (χ0) is 19.2. The van der Waals surface area contributed by atoms with Crippen molar-refractivity contribution >= 4 is 29.0 Å². The van der Waals surface area contributed by atoms with Crippen LogP contribution in [0.25, 0.3) is 0 Å². The van der Waals surface area contributed by atoms with Gasteiger partial charge in [-0.05, 0) is 56.3 Å². The maximum Gasteiger partial charge on any atom is 0.234 e. The van der Waals surface area contributed by atoms with Crippen LogP contribution in [0.15, 0.2) is 47.4 Å². The van der Waals surface area contributed by atoms with Gasteiger partial charge >= 0.3 is 0 Å². The fourth-order valence-electron chi connectivity index (χ4n) is 3.28. The largest absolute Gasteiger partial charge is 0.369 e. The highest BCUT2D eigenvalue weighted by atomic mass is 32.2. The van der Waals surface area contributed by atoms with Gasteiger partial charge < -0.3 is 15.1 Å². The second-order valence-electron chi connectivity index (χ2n) is 7.07. The molecule has 2 aromatic carbocycles. The summed E-state index contributed by atoms with van der Waals surface area (Å²) >= 11 is 1.59. The number of benzene rings is 2. The predicted octanol–water partition coefficient (Wildman–Crippen LogP) is 4.18. The number of nitrogens with one attached hydrogen (secondary N) is 1. The molecule has 0 radical (unpaired) electrons. The van der Waals surface area contributed by atoms with Gasteiger partial charge in [-0.25, -0.2) is 0 Å². The van der Waals surface area contributed by atoms with Gasteiger partial charge in [-0.15, -0.1) is 11.8 Å². The van der Waals surface area contributed by atoms with Gasteiger partial charge in [0.2, 0.25) is 5.91 Å². The second-order valence-corrected chi connectivity index (χ2v) is 8.09. The average Bonchev–Trinajstić information content (AvgIpc) is 2.69. The highest BCUT2D eigenvalue weighted by Crippen LogP contribution is 2.24. The van der Waals surface area contributed by atoms with Gasteiger partial charge in [0.05, 0.1) is 5.75 Å². The minimum Gasteiger partial charge on any atom is -0.369 e. The lowest BCUT2D eigenvalue weighted by molar-refractivity contribution is -0.113. The first-order chi connectivity index (χ1) is 13.0. The van der Waals surface area contributed by atoms with Crippen molar-refractivity contribution in [3.8, 4) is 0 Å². The van der Waals surface area contributed by atoms with Crippen molar-refractivity contribution in [1.29, 1.82) is 0 Å². The van der Waals surface area contributed by atoms with Crippen LogP contribution < -0.4 is 10.2 Å². The molecule has 1 N–H and O–H groups in total. The summed E-state index contributed by atoms with van der Waals surface area (Å²) in [5.74, 6) is 0.454. The van der Waals surface area contributed by atoms with E-state index in [-0.39, 0.29) is 5.91 Å². The molecule has 1 aliphatic heterocycles. The number of amides is 1. The maximum atomic E-state index is 12.3. The van der Waals surface area contributed by atoms with Gasteiger partial charge in [0.1, 0.15) is 0 Å². The van der Waals surface area contributed by atoms with Gasteiger partial charge in [0.25, 0.3) is 0 Å². The molecule has 2 aromatic rings. The van der Waals surface area contributed by atoms with Crippen molar-refractivity contribution in [2.24, 2.45) is 0 Å².